The molecule has 6 nitrogen and oxygen atoms in total. The van der Waals surface area contributed by atoms with Gasteiger partial charge in [0.15, 0.2) is 0 Å². The van der Waals surface area contributed by atoms with E-state index in [9.17, 15) is 13.2 Å². The minimum atomic E-state index is -3.64. The molecule has 2 aromatic carbocycles. The van der Waals surface area contributed by atoms with Gasteiger partial charge in [-0.2, -0.15) is 0 Å². The fourth-order valence-electron chi connectivity index (χ4n) is 4.37. The molecule has 1 N–H and O–H groups in total. The Bertz CT molecular complexity index is 1010. The van der Waals surface area contributed by atoms with Crippen LogP contribution in [-0.2, 0) is 16.4 Å². The number of carbonyl (C=O) groups excluding carboxylic acids is 1. The summed E-state index contributed by atoms with van der Waals surface area (Å²) in [4.78, 5) is 15.4. The van der Waals surface area contributed by atoms with Crippen molar-refractivity contribution in [1.82, 2.24) is 10.2 Å². The lowest BCUT2D eigenvalue weighted by Gasteiger charge is -2.33. The Morgan fingerprint density at radius 1 is 1.10 bits per heavy atom. The molecule has 0 aromatic heterocycles. The molecule has 2 aliphatic heterocycles. The van der Waals surface area contributed by atoms with Crippen molar-refractivity contribution >= 4 is 21.6 Å². The first-order valence-corrected chi connectivity index (χ1v) is 12.1. The van der Waals surface area contributed by atoms with E-state index in [1.165, 1.54) is 23.6 Å². The van der Waals surface area contributed by atoms with Crippen molar-refractivity contribution in [2.45, 2.75) is 43.5 Å². The third-order valence-corrected chi connectivity index (χ3v) is 7.98. The Morgan fingerprint density at radius 3 is 2.67 bits per heavy atom. The summed E-state index contributed by atoms with van der Waals surface area (Å²) in [6, 6.07) is 14.4. The Morgan fingerprint density at radius 2 is 1.90 bits per heavy atom. The Kier molecular flexibility index (Phi) is 6.11. The molecule has 0 spiro atoms. The number of sulfonamides is 1. The van der Waals surface area contributed by atoms with Gasteiger partial charge >= 0.3 is 0 Å². The van der Waals surface area contributed by atoms with Crippen molar-refractivity contribution in [3.8, 4) is 0 Å². The molecule has 2 heterocycles. The van der Waals surface area contributed by atoms with Crippen molar-refractivity contribution in [3.63, 3.8) is 0 Å². The minimum absolute atomic E-state index is 0.161. The highest BCUT2D eigenvalue weighted by molar-refractivity contribution is 7.92. The van der Waals surface area contributed by atoms with Crippen LogP contribution in [0, 0.1) is 0 Å². The second-order valence-electron chi connectivity index (χ2n) is 8.12. The number of amides is 1. The largest absolute Gasteiger partial charge is 0.351 e. The van der Waals surface area contributed by atoms with E-state index >= 15 is 0 Å². The fraction of sp³-hybridized carbons (Fsp3) is 0.435. The topological polar surface area (TPSA) is 69.7 Å². The predicted molar refractivity (Wildman–Crippen MR) is 118 cm³/mol. The zero-order valence-corrected chi connectivity index (χ0v) is 18.2. The van der Waals surface area contributed by atoms with Crippen molar-refractivity contribution in [1.29, 1.82) is 0 Å². The molecule has 2 aliphatic rings. The molecule has 1 amide bonds. The maximum absolute atomic E-state index is 13.1. The van der Waals surface area contributed by atoms with Gasteiger partial charge in [-0.3, -0.25) is 14.0 Å². The Balaban J connectivity index is 1.45. The van der Waals surface area contributed by atoms with Gasteiger partial charge in [-0.05, 0) is 62.6 Å². The minimum Gasteiger partial charge on any atom is -0.351 e. The van der Waals surface area contributed by atoms with Crippen molar-refractivity contribution in [2.24, 2.45) is 0 Å². The van der Waals surface area contributed by atoms with E-state index in [4.69, 9.17) is 0 Å². The Hall–Kier alpha value is -2.38. The zero-order valence-electron chi connectivity index (χ0n) is 17.4. The lowest BCUT2D eigenvalue weighted by atomic mass is 10.0. The number of piperidine rings is 1. The van der Waals surface area contributed by atoms with Crippen LogP contribution in [0.1, 0.15) is 42.1 Å². The maximum atomic E-state index is 13.1. The smallest absolute Gasteiger partial charge is 0.264 e. The molecule has 2 aromatic rings. The van der Waals surface area contributed by atoms with Gasteiger partial charge in [0.25, 0.3) is 15.9 Å². The van der Waals surface area contributed by atoms with E-state index in [1.807, 2.05) is 6.07 Å². The number of nitrogens with zero attached hydrogens (tertiary/aromatic N) is 2. The van der Waals surface area contributed by atoms with Crippen LogP contribution in [0.25, 0.3) is 0 Å². The maximum Gasteiger partial charge on any atom is 0.264 e. The molecule has 0 saturated carbocycles. The number of anilines is 1. The highest BCUT2D eigenvalue weighted by Crippen LogP contribution is 2.33. The molecule has 1 atom stereocenters. The summed E-state index contributed by atoms with van der Waals surface area (Å²) >= 11 is 0. The fourth-order valence-corrected chi connectivity index (χ4v) is 5.88. The third-order valence-electron chi connectivity index (χ3n) is 6.16. The van der Waals surface area contributed by atoms with Crippen molar-refractivity contribution in [2.75, 3.05) is 30.5 Å². The normalized spacial score (nSPS) is 19.5. The van der Waals surface area contributed by atoms with Crippen LogP contribution in [0.4, 0.5) is 5.69 Å². The number of nitrogens with one attached hydrogen (secondary N) is 1. The molecule has 0 radical (unpaired) electrons. The van der Waals surface area contributed by atoms with Gasteiger partial charge < -0.3 is 5.32 Å². The van der Waals surface area contributed by atoms with Gasteiger partial charge in [-0.25, -0.2) is 8.42 Å². The summed E-state index contributed by atoms with van der Waals surface area (Å²) in [6.07, 6.45) is 4.36. The average Bonchev–Trinajstić information content (AvgIpc) is 3.20. The van der Waals surface area contributed by atoms with Crippen LogP contribution in [0.2, 0.25) is 0 Å². The highest BCUT2D eigenvalue weighted by Gasteiger charge is 2.31. The van der Waals surface area contributed by atoms with E-state index in [2.05, 4.69) is 17.1 Å². The summed E-state index contributed by atoms with van der Waals surface area (Å²) in [6.45, 7) is 5.15. The highest BCUT2D eigenvalue weighted by atomic mass is 32.2. The summed E-state index contributed by atoms with van der Waals surface area (Å²) < 4.78 is 27.6. The SMILES string of the molecule is CC1CCCCN1CCNC(=O)c1ccc2c(c1)N(S(=O)(=O)c1ccccc1)CC2. The van der Waals surface area contributed by atoms with Gasteiger partial charge in [0.2, 0.25) is 0 Å². The predicted octanol–water partition coefficient (Wildman–Crippen LogP) is 3.04. The molecule has 160 valence electrons. The lowest BCUT2D eigenvalue weighted by molar-refractivity contribution is 0.0938. The first-order valence-electron chi connectivity index (χ1n) is 10.7. The second-order valence-corrected chi connectivity index (χ2v) is 9.98. The van der Waals surface area contributed by atoms with E-state index in [0.29, 0.717) is 36.8 Å². The van der Waals surface area contributed by atoms with E-state index in [1.54, 1.807) is 42.5 Å². The molecule has 1 fully saturated rings. The number of carbonyl (C=O) groups is 1. The lowest BCUT2D eigenvalue weighted by Crippen LogP contribution is -2.42. The summed E-state index contributed by atoms with van der Waals surface area (Å²) in [5.41, 5.74) is 2.06. The van der Waals surface area contributed by atoms with Crippen LogP contribution in [0.15, 0.2) is 53.4 Å². The average molecular weight is 428 g/mol. The number of hydrogen-bond donors (Lipinski definition) is 1. The van der Waals surface area contributed by atoms with Crippen LogP contribution < -0.4 is 9.62 Å². The zero-order chi connectivity index (χ0) is 21.1. The second kappa shape index (κ2) is 8.78. The first-order chi connectivity index (χ1) is 14.5. The summed E-state index contributed by atoms with van der Waals surface area (Å²) in [5, 5.41) is 2.99. The van der Waals surface area contributed by atoms with Gasteiger partial charge in [0.1, 0.15) is 0 Å². The molecular formula is C23H29N3O3S. The molecular weight excluding hydrogens is 398 g/mol. The number of benzene rings is 2. The van der Waals surface area contributed by atoms with Crippen LogP contribution in [0.5, 0.6) is 0 Å². The van der Waals surface area contributed by atoms with Crippen LogP contribution in [0.3, 0.4) is 0 Å². The van der Waals surface area contributed by atoms with Crippen molar-refractivity contribution in [3.05, 3.63) is 59.7 Å². The molecule has 1 saturated heterocycles. The molecule has 0 bridgehead atoms. The number of rotatable bonds is 6. The van der Waals surface area contributed by atoms with E-state index < -0.39 is 10.0 Å². The number of hydrogen-bond acceptors (Lipinski definition) is 4. The molecule has 4 rings (SSSR count). The summed E-state index contributed by atoms with van der Waals surface area (Å²) in [7, 11) is -3.64. The molecule has 7 heteroatoms. The van der Waals surface area contributed by atoms with Gasteiger partial charge in [-0.15, -0.1) is 0 Å². The van der Waals surface area contributed by atoms with Crippen LogP contribution >= 0.6 is 0 Å². The van der Waals surface area contributed by atoms with E-state index in [-0.39, 0.29) is 10.8 Å². The molecule has 30 heavy (non-hydrogen) atoms. The van der Waals surface area contributed by atoms with E-state index in [0.717, 1.165) is 18.7 Å². The van der Waals surface area contributed by atoms with Crippen molar-refractivity contribution < 1.29 is 13.2 Å². The Labute approximate surface area is 178 Å². The quantitative estimate of drug-likeness (QED) is 0.769. The van der Waals surface area contributed by atoms with Gasteiger partial charge in [0, 0.05) is 31.2 Å². The summed E-state index contributed by atoms with van der Waals surface area (Å²) in [5.74, 6) is -0.161. The number of likely N-dealkylation sites (tertiary alicyclic amines) is 1. The molecule has 1 unspecified atom stereocenters. The standard InChI is InChI=1S/C23H29N3O3S/c1-18-7-5-6-14-25(18)16-13-24-23(27)20-11-10-19-12-15-26(22(19)17-20)30(28,29)21-8-3-2-4-9-21/h2-4,8-11,17-18H,5-7,12-16H2,1H3,(H,24,27). The van der Waals surface area contributed by atoms with Gasteiger partial charge in [0.05, 0.1) is 10.6 Å². The third kappa shape index (κ3) is 4.23. The van der Waals surface area contributed by atoms with Gasteiger partial charge in [-0.1, -0.05) is 30.7 Å². The van der Waals surface area contributed by atoms with Crippen LogP contribution in [-0.4, -0.2) is 51.4 Å². The first kappa shape index (κ1) is 20.9. The monoisotopic (exact) mass is 427 g/mol. The molecule has 0 aliphatic carbocycles. The number of fused-ring (bicyclic) bond motifs is 1.